The number of halogens is 2. The normalized spacial score (nSPS) is 11.2. The summed E-state index contributed by atoms with van der Waals surface area (Å²) in [5.41, 5.74) is -0.608. The van der Waals surface area contributed by atoms with E-state index in [1.165, 1.54) is 0 Å². The van der Waals surface area contributed by atoms with E-state index in [0.717, 1.165) is 12.1 Å². The van der Waals surface area contributed by atoms with Crippen molar-refractivity contribution in [3.63, 3.8) is 0 Å². The zero-order valence-corrected chi connectivity index (χ0v) is 9.77. The molecule has 0 atom stereocenters. The SMILES string of the molecule is O=C(O)c1cc(NS(=O)(=O)O)c(Cl)cc1Cl. The van der Waals surface area contributed by atoms with Crippen LogP contribution >= 0.6 is 23.2 Å². The predicted octanol–water partition coefficient (Wildman–Crippen LogP) is 1.91. The minimum atomic E-state index is -4.53. The third kappa shape index (κ3) is 3.24. The number of rotatable bonds is 3. The first-order chi connectivity index (χ1) is 7.20. The van der Waals surface area contributed by atoms with Crippen molar-refractivity contribution in [3.05, 3.63) is 27.7 Å². The van der Waals surface area contributed by atoms with Gasteiger partial charge in [-0.05, 0) is 12.1 Å². The Morgan fingerprint density at radius 3 is 2.25 bits per heavy atom. The van der Waals surface area contributed by atoms with Crippen molar-refractivity contribution in [2.75, 3.05) is 4.72 Å². The molecule has 0 fully saturated rings. The number of carboxylic acids is 1. The summed E-state index contributed by atoms with van der Waals surface area (Å²) in [5.74, 6) is -1.35. The molecule has 16 heavy (non-hydrogen) atoms. The fourth-order valence-corrected chi connectivity index (χ4v) is 1.94. The molecule has 0 aromatic heterocycles. The molecule has 0 aliphatic rings. The summed E-state index contributed by atoms with van der Waals surface area (Å²) < 4.78 is 31.2. The summed E-state index contributed by atoms with van der Waals surface area (Å²) in [6.45, 7) is 0. The molecule has 0 bridgehead atoms. The number of aromatic carboxylic acids is 1. The van der Waals surface area contributed by atoms with Crippen LogP contribution in [0.3, 0.4) is 0 Å². The van der Waals surface area contributed by atoms with Gasteiger partial charge in [0.25, 0.3) is 0 Å². The Labute approximate surface area is 101 Å². The quantitative estimate of drug-likeness (QED) is 0.736. The molecular formula is C7H5Cl2NO5S. The third-order valence-electron chi connectivity index (χ3n) is 1.53. The number of hydrogen-bond donors (Lipinski definition) is 3. The molecule has 3 N–H and O–H groups in total. The van der Waals surface area contributed by atoms with Crippen molar-refractivity contribution >= 4 is 45.2 Å². The summed E-state index contributed by atoms with van der Waals surface area (Å²) in [4.78, 5) is 10.7. The average molecular weight is 286 g/mol. The Morgan fingerprint density at radius 2 is 1.81 bits per heavy atom. The molecule has 1 aromatic rings. The van der Waals surface area contributed by atoms with E-state index in [4.69, 9.17) is 32.9 Å². The summed E-state index contributed by atoms with van der Waals surface area (Å²) in [5, 5.41) is 8.44. The second kappa shape index (κ2) is 4.46. The minimum absolute atomic E-state index is 0.132. The van der Waals surface area contributed by atoms with Crippen LogP contribution in [0.1, 0.15) is 10.4 Å². The Bertz CT molecular complexity index is 542. The van der Waals surface area contributed by atoms with Crippen LogP contribution in [0, 0.1) is 0 Å². The molecule has 0 unspecified atom stereocenters. The van der Waals surface area contributed by atoms with Crippen LogP contribution in [-0.4, -0.2) is 24.0 Å². The number of nitrogens with one attached hydrogen (secondary N) is 1. The fourth-order valence-electron chi connectivity index (χ4n) is 0.930. The molecule has 0 saturated carbocycles. The van der Waals surface area contributed by atoms with E-state index in [-0.39, 0.29) is 21.3 Å². The Hall–Kier alpha value is -1.02. The molecule has 1 rings (SSSR count). The van der Waals surface area contributed by atoms with Crippen LogP contribution in [0.2, 0.25) is 10.0 Å². The van der Waals surface area contributed by atoms with Gasteiger partial charge in [0.1, 0.15) is 0 Å². The van der Waals surface area contributed by atoms with Crippen LogP contribution in [0.5, 0.6) is 0 Å². The molecule has 0 spiro atoms. The van der Waals surface area contributed by atoms with E-state index >= 15 is 0 Å². The van der Waals surface area contributed by atoms with Gasteiger partial charge in [0.05, 0.1) is 21.3 Å². The Morgan fingerprint density at radius 1 is 1.25 bits per heavy atom. The summed E-state index contributed by atoms with van der Waals surface area (Å²) in [7, 11) is -4.53. The maximum atomic E-state index is 10.7. The summed E-state index contributed by atoms with van der Waals surface area (Å²) in [6.07, 6.45) is 0. The molecular weight excluding hydrogens is 281 g/mol. The Balaban J connectivity index is 3.31. The van der Waals surface area contributed by atoms with E-state index in [2.05, 4.69) is 0 Å². The van der Waals surface area contributed by atoms with E-state index < -0.39 is 16.3 Å². The van der Waals surface area contributed by atoms with Crippen LogP contribution < -0.4 is 4.72 Å². The first-order valence-electron chi connectivity index (χ1n) is 3.68. The maximum absolute atomic E-state index is 10.7. The lowest BCUT2D eigenvalue weighted by Gasteiger charge is -2.07. The lowest BCUT2D eigenvalue weighted by Crippen LogP contribution is -2.11. The van der Waals surface area contributed by atoms with Crippen molar-refractivity contribution in [2.45, 2.75) is 0 Å². The fraction of sp³-hybridized carbons (Fsp3) is 0. The molecule has 0 saturated heterocycles. The van der Waals surface area contributed by atoms with Gasteiger partial charge in [-0.1, -0.05) is 23.2 Å². The predicted molar refractivity (Wildman–Crippen MR) is 58.6 cm³/mol. The van der Waals surface area contributed by atoms with Crippen molar-refractivity contribution in [3.8, 4) is 0 Å². The van der Waals surface area contributed by atoms with Gasteiger partial charge < -0.3 is 5.11 Å². The molecule has 0 amide bonds. The maximum Gasteiger partial charge on any atom is 0.357 e. The van der Waals surface area contributed by atoms with Gasteiger partial charge in [0, 0.05) is 0 Å². The standard InChI is InChI=1S/C7H5Cl2NO5S/c8-4-2-5(9)6(10-16(13,14)15)1-3(4)7(11)12/h1-2,10H,(H,11,12)(H,13,14,15). The van der Waals surface area contributed by atoms with Crippen LogP contribution in [0.25, 0.3) is 0 Å². The van der Waals surface area contributed by atoms with Crippen molar-refractivity contribution < 1.29 is 22.9 Å². The highest BCUT2D eigenvalue weighted by Gasteiger charge is 2.15. The van der Waals surface area contributed by atoms with Gasteiger partial charge in [0.2, 0.25) is 0 Å². The first kappa shape index (κ1) is 13.0. The number of anilines is 1. The van der Waals surface area contributed by atoms with Crippen molar-refractivity contribution in [2.24, 2.45) is 0 Å². The van der Waals surface area contributed by atoms with Crippen LogP contribution in [0.4, 0.5) is 5.69 Å². The van der Waals surface area contributed by atoms with Crippen molar-refractivity contribution in [1.29, 1.82) is 0 Å². The number of hydrogen-bond acceptors (Lipinski definition) is 3. The van der Waals surface area contributed by atoms with Gasteiger partial charge >= 0.3 is 16.3 Å². The molecule has 6 nitrogen and oxygen atoms in total. The molecule has 0 aliphatic heterocycles. The lowest BCUT2D eigenvalue weighted by molar-refractivity contribution is 0.0697. The largest absolute Gasteiger partial charge is 0.478 e. The summed E-state index contributed by atoms with van der Waals surface area (Å²) >= 11 is 11.2. The smallest absolute Gasteiger partial charge is 0.357 e. The molecule has 0 radical (unpaired) electrons. The van der Waals surface area contributed by atoms with Gasteiger partial charge in [-0.2, -0.15) is 8.42 Å². The number of benzene rings is 1. The molecule has 0 heterocycles. The zero-order chi connectivity index (χ0) is 12.5. The lowest BCUT2D eigenvalue weighted by atomic mass is 10.2. The topological polar surface area (TPSA) is 104 Å². The van der Waals surface area contributed by atoms with Gasteiger partial charge in [-0.25, -0.2) is 4.79 Å². The average Bonchev–Trinajstić information content (AvgIpc) is 2.07. The third-order valence-corrected chi connectivity index (χ3v) is 2.63. The van der Waals surface area contributed by atoms with Gasteiger partial charge in [-0.3, -0.25) is 9.27 Å². The molecule has 0 aliphatic carbocycles. The van der Waals surface area contributed by atoms with E-state index in [0.29, 0.717) is 0 Å². The van der Waals surface area contributed by atoms with Crippen LogP contribution in [-0.2, 0) is 10.3 Å². The number of carboxylic acid groups (broad SMARTS) is 1. The zero-order valence-electron chi connectivity index (χ0n) is 7.44. The van der Waals surface area contributed by atoms with E-state index in [9.17, 15) is 13.2 Å². The highest BCUT2D eigenvalue weighted by molar-refractivity contribution is 7.87. The van der Waals surface area contributed by atoms with Gasteiger partial charge in [0.15, 0.2) is 0 Å². The van der Waals surface area contributed by atoms with Crippen molar-refractivity contribution in [1.82, 2.24) is 0 Å². The van der Waals surface area contributed by atoms with Gasteiger partial charge in [-0.15, -0.1) is 0 Å². The molecule has 1 aromatic carbocycles. The summed E-state index contributed by atoms with van der Waals surface area (Å²) in [6, 6.07) is 1.96. The second-order valence-electron chi connectivity index (χ2n) is 2.69. The second-order valence-corrected chi connectivity index (χ2v) is 4.66. The monoisotopic (exact) mass is 285 g/mol. The first-order valence-corrected chi connectivity index (χ1v) is 5.88. The van der Waals surface area contributed by atoms with Crippen LogP contribution in [0.15, 0.2) is 12.1 Å². The highest BCUT2D eigenvalue weighted by Crippen LogP contribution is 2.29. The number of carbonyl (C=O) groups is 1. The highest BCUT2D eigenvalue weighted by atomic mass is 35.5. The molecule has 9 heteroatoms. The minimum Gasteiger partial charge on any atom is -0.478 e. The molecule has 88 valence electrons. The van der Waals surface area contributed by atoms with E-state index in [1.807, 2.05) is 0 Å². The Kier molecular flexibility index (Phi) is 3.64. The van der Waals surface area contributed by atoms with E-state index in [1.54, 1.807) is 4.72 Å².